The molecule has 1 aromatic rings. The van der Waals surface area contributed by atoms with E-state index in [1.807, 2.05) is 6.07 Å². The number of rotatable bonds is 4. The summed E-state index contributed by atoms with van der Waals surface area (Å²) < 4.78 is 0. The number of nitrogens with one attached hydrogen (secondary N) is 1. The van der Waals surface area contributed by atoms with E-state index in [1.165, 1.54) is 0 Å². The average Bonchev–Trinajstić information content (AvgIpc) is 2.19. The lowest BCUT2D eigenvalue weighted by Gasteiger charge is -2.09. The third-order valence-corrected chi connectivity index (χ3v) is 2.71. The smallest absolute Gasteiger partial charge is 0.137 e. The van der Waals surface area contributed by atoms with Gasteiger partial charge in [-0.3, -0.25) is 0 Å². The van der Waals surface area contributed by atoms with Crippen LogP contribution in [-0.2, 0) is 11.2 Å². The van der Waals surface area contributed by atoms with Gasteiger partial charge in [-0.05, 0) is 31.2 Å². The maximum Gasteiger partial charge on any atom is 0.137 e. The Hall–Kier alpha value is -0.570. The monoisotopic (exact) mass is 231 g/mol. The summed E-state index contributed by atoms with van der Waals surface area (Å²) in [5, 5.41) is 3.94. The summed E-state index contributed by atoms with van der Waals surface area (Å²) in [6, 6.07) is 5.20. The van der Waals surface area contributed by atoms with E-state index in [-0.39, 0.29) is 6.04 Å². The van der Waals surface area contributed by atoms with Gasteiger partial charge in [-0.15, -0.1) is 0 Å². The first-order valence-electron chi connectivity index (χ1n) is 4.24. The predicted octanol–water partition coefficient (Wildman–Crippen LogP) is 2.32. The van der Waals surface area contributed by atoms with Crippen molar-refractivity contribution in [1.82, 2.24) is 5.32 Å². The van der Waals surface area contributed by atoms with Gasteiger partial charge in [0.05, 0.1) is 16.1 Å². The van der Waals surface area contributed by atoms with Crippen molar-refractivity contribution in [2.45, 2.75) is 12.5 Å². The van der Waals surface area contributed by atoms with Gasteiger partial charge in [-0.1, -0.05) is 29.3 Å². The largest absolute Gasteiger partial charge is 0.311 e. The summed E-state index contributed by atoms with van der Waals surface area (Å²) in [4.78, 5) is 10.6. The molecule has 0 unspecified atom stereocenters. The fourth-order valence-electron chi connectivity index (χ4n) is 1.14. The second-order valence-electron chi connectivity index (χ2n) is 2.98. The zero-order valence-corrected chi connectivity index (χ0v) is 9.27. The van der Waals surface area contributed by atoms with Crippen LogP contribution < -0.4 is 5.32 Å². The molecule has 4 heteroatoms. The van der Waals surface area contributed by atoms with Gasteiger partial charge in [-0.2, -0.15) is 0 Å². The third-order valence-electron chi connectivity index (χ3n) is 1.97. The topological polar surface area (TPSA) is 29.1 Å². The van der Waals surface area contributed by atoms with E-state index in [9.17, 15) is 4.79 Å². The zero-order valence-electron chi connectivity index (χ0n) is 7.76. The number of hydrogen-bond donors (Lipinski definition) is 1. The van der Waals surface area contributed by atoms with E-state index in [2.05, 4.69) is 5.32 Å². The Morgan fingerprint density at radius 2 is 2.14 bits per heavy atom. The van der Waals surface area contributed by atoms with Crippen molar-refractivity contribution in [2.24, 2.45) is 0 Å². The van der Waals surface area contributed by atoms with Gasteiger partial charge >= 0.3 is 0 Å². The van der Waals surface area contributed by atoms with Crippen LogP contribution >= 0.6 is 23.2 Å². The first-order valence-corrected chi connectivity index (χ1v) is 4.99. The lowest BCUT2D eigenvalue weighted by atomic mass is 10.1. The maximum absolute atomic E-state index is 10.6. The standard InChI is InChI=1S/C10H11Cl2NO/c1-13-8(6-14)4-7-2-3-9(11)10(12)5-7/h2-3,5-6,8,13H,4H2,1H3/t8-/m0/s1. The van der Waals surface area contributed by atoms with E-state index in [0.29, 0.717) is 16.5 Å². The molecule has 0 aliphatic heterocycles. The second kappa shape index (κ2) is 5.35. The minimum absolute atomic E-state index is 0.174. The quantitative estimate of drug-likeness (QED) is 0.807. The Morgan fingerprint density at radius 3 is 2.64 bits per heavy atom. The molecule has 1 rings (SSSR count). The van der Waals surface area contributed by atoms with Crippen molar-refractivity contribution in [3.05, 3.63) is 33.8 Å². The van der Waals surface area contributed by atoms with Crippen molar-refractivity contribution in [2.75, 3.05) is 7.05 Å². The number of benzene rings is 1. The molecule has 76 valence electrons. The highest BCUT2D eigenvalue weighted by molar-refractivity contribution is 6.42. The van der Waals surface area contributed by atoms with Crippen LogP contribution in [0.5, 0.6) is 0 Å². The molecule has 0 aliphatic carbocycles. The number of halogens is 2. The van der Waals surface area contributed by atoms with Crippen LogP contribution in [0.2, 0.25) is 10.0 Å². The van der Waals surface area contributed by atoms with E-state index in [1.54, 1.807) is 19.2 Å². The molecule has 0 heterocycles. The third kappa shape index (κ3) is 2.98. The van der Waals surface area contributed by atoms with Gasteiger partial charge in [0, 0.05) is 0 Å². The lowest BCUT2D eigenvalue weighted by Crippen LogP contribution is -2.28. The van der Waals surface area contributed by atoms with E-state index in [4.69, 9.17) is 23.2 Å². The highest BCUT2D eigenvalue weighted by atomic mass is 35.5. The summed E-state index contributed by atoms with van der Waals surface area (Å²) in [7, 11) is 1.75. The maximum atomic E-state index is 10.6. The summed E-state index contributed by atoms with van der Waals surface area (Å²) in [5.74, 6) is 0. The van der Waals surface area contributed by atoms with Gasteiger partial charge in [0.25, 0.3) is 0 Å². The van der Waals surface area contributed by atoms with Crippen LogP contribution in [0.3, 0.4) is 0 Å². The summed E-state index contributed by atoms with van der Waals surface area (Å²) in [6.45, 7) is 0. The number of aldehydes is 1. The Balaban J connectivity index is 2.76. The fourth-order valence-corrected chi connectivity index (χ4v) is 1.46. The van der Waals surface area contributed by atoms with Gasteiger partial charge in [-0.25, -0.2) is 0 Å². The molecular weight excluding hydrogens is 221 g/mol. The Morgan fingerprint density at radius 1 is 1.43 bits per heavy atom. The van der Waals surface area contributed by atoms with Crippen molar-refractivity contribution in [3.8, 4) is 0 Å². The van der Waals surface area contributed by atoms with Crippen LogP contribution in [0.15, 0.2) is 18.2 Å². The predicted molar refractivity (Wildman–Crippen MR) is 59.1 cm³/mol. The second-order valence-corrected chi connectivity index (χ2v) is 3.80. The number of hydrogen-bond acceptors (Lipinski definition) is 2. The number of carbonyl (C=O) groups is 1. The van der Waals surface area contributed by atoms with Gasteiger partial charge in [0.15, 0.2) is 0 Å². The molecule has 0 saturated carbocycles. The van der Waals surface area contributed by atoms with Crippen LogP contribution in [0.4, 0.5) is 0 Å². The Bertz CT molecular complexity index is 328. The molecule has 0 bridgehead atoms. The SMILES string of the molecule is CN[C@H](C=O)Cc1ccc(Cl)c(Cl)c1. The molecule has 0 amide bonds. The molecule has 0 spiro atoms. The normalized spacial score (nSPS) is 12.5. The highest BCUT2D eigenvalue weighted by Crippen LogP contribution is 2.22. The first kappa shape index (κ1) is 11.5. The number of likely N-dealkylation sites (N-methyl/N-ethyl adjacent to an activating group) is 1. The molecule has 0 radical (unpaired) electrons. The molecule has 1 atom stereocenters. The summed E-state index contributed by atoms with van der Waals surface area (Å²) in [6.07, 6.45) is 1.50. The minimum atomic E-state index is -0.174. The van der Waals surface area contributed by atoms with Crippen molar-refractivity contribution < 1.29 is 4.79 Å². The minimum Gasteiger partial charge on any atom is -0.311 e. The molecule has 0 aliphatic rings. The lowest BCUT2D eigenvalue weighted by molar-refractivity contribution is -0.109. The van der Waals surface area contributed by atoms with Crippen LogP contribution in [-0.4, -0.2) is 19.4 Å². The molecular formula is C10H11Cl2NO. The molecule has 1 N–H and O–H groups in total. The van der Waals surface area contributed by atoms with Crippen LogP contribution in [0.1, 0.15) is 5.56 Å². The van der Waals surface area contributed by atoms with Gasteiger partial charge < -0.3 is 10.1 Å². The molecule has 14 heavy (non-hydrogen) atoms. The number of carbonyl (C=O) groups excluding carboxylic acids is 1. The highest BCUT2D eigenvalue weighted by Gasteiger charge is 2.06. The van der Waals surface area contributed by atoms with Gasteiger partial charge in [0.1, 0.15) is 6.29 Å². The first-order chi connectivity index (χ1) is 6.67. The summed E-state index contributed by atoms with van der Waals surface area (Å²) >= 11 is 11.6. The van der Waals surface area contributed by atoms with Gasteiger partial charge in [0.2, 0.25) is 0 Å². The van der Waals surface area contributed by atoms with E-state index >= 15 is 0 Å². The average molecular weight is 232 g/mol. The van der Waals surface area contributed by atoms with Crippen LogP contribution in [0.25, 0.3) is 0 Å². The fraction of sp³-hybridized carbons (Fsp3) is 0.300. The van der Waals surface area contributed by atoms with Crippen molar-refractivity contribution >= 4 is 29.5 Å². The Kier molecular flexibility index (Phi) is 4.39. The molecule has 0 fully saturated rings. The molecule has 0 aromatic heterocycles. The van der Waals surface area contributed by atoms with E-state index in [0.717, 1.165) is 11.8 Å². The molecule has 1 aromatic carbocycles. The van der Waals surface area contributed by atoms with Crippen molar-refractivity contribution in [1.29, 1.82) is 0 Å². The summed E-state index contributed by atoms with van der Waals surface area (Å²) in [5.41, 5.74) is 0.992. The Labute approximate surface area is 93.2 Å². The molecule has 2 nitrogen and oxygen atoms in total. The van der Waals surface area contributed by atoms with Crippen LogP contribution in [0, 0.1) is 0 Å². The zero-order chi connectivity index (χ0) is 10.6. The van der Waals surface area contributed by atoms with E-state index < -0.39 is 0 Å². The van der Waals surface area contributed by atoms with Crippen molar-refractivity contribution in [3.63, 3.8) is 0 Å². The molecule has 0 saturated heterocycles.